The molecule has 254 valence electrons. The van der Waals surface area contributed by atoms with Crippen LogP contribution in [0.4, 0.5) is 26.3 Å². The van der Waals surface area contributed by atoms with E-state index in [1.165, 1.54) is 28.4 Å². The van der Waals surface area contributed by atoms with E-state index in [1.807, 2.05) is 0 Å². The molecule has 0 spiro atoms. The second kappa shape index (κ2) is 12.2. The number of hydrogen-bond acceptors (Lipinski definition) is 10. The summed E-state index contributed by atoms with van der Waals surface area (Å²) in [5, 5.41) is 28.3. The van der Waals surface area contributed by atoms with Gasteiger partial charge in [-0.15, -0.1) is 22.7 Å². The molecule has 0 aliphatic carbocycles. The average molecular weight is 715 g/mol. The van der Waals surface area contributed by atoms with Crippen LogP contribution in [0.5, 0.6) is 0 Å². The van der Waals surface area contributed by atoms with Crippen LogP contribution in [0.1, 0.15) is 68.0 Å². The smallest absolute Gasteiger partial charge is 0.390 e. The number of aliphatic hydroxyl groups excluding tert-OH is 2. The standard InChI is InChI=1S/C28H24F6N8O4S2/c1-11(16-4-6-18(47-16)27(29,30)31)41-24-22(13(9-43)39-41)26(46)38-20(37-24)8-3-15(17-5-7-19(48-17)28(32,33)34)42-23-21(14(10-44)40-42)25(45)36-12(2)35-23/h4-7,11,15,43-44H,3,8-10H2,1-2H3,(H,35,36,45)(H,37,38,46). The molecule has 0 amide bonds. The fourth-order valence-electron chi connectivity index (χ4n) is 5.40. The summed E-state index contributed by atoms with van der Waals surface area (Å²) in [7, 11) is 0. The van der Waals surface area contributed by atoms with E-state index in [9.17, 15) is 46.1 Å². The largest absolute Gasteiger partial charge is 0.425 e. The fraction of sp³-hybridized carbons (Fsp3) is 0.357. The van der Waals surface area contributed by atoms with Gasteiger partial charge in [0.05, 0.1) is 25.3 Å². The van der Waals surface area contributed by atoms with E-state index in [0.717, 1.165) is 12.1 Å². The first-order chi connectivity index (χ1) is 22.6. The van der Waals surface area contributed by atoms with Gasteiger partial charge in [-0.2, -0.15) is 36.5 Å². The zero-order valence-corrected chi connectivity index (χ0v) is 26.4. The number of hydrogen-bond donors (Lipinski definition) is 4. The minimum absolute atomic E-state index is 0.0183. The Kier molecular flexibility index (Phi) is 8.54. The Morgan fingerprint density at radius 2 is 1.31 bits per heavy atom. The van der Waals surface area contributed by atoms with E-state index < -0.39 is 58.5 Å². The zero-order chi connectivity index (χ0) is 34.7. The molecule has 0 aliphatic heterocycles. The highest BCUT2D eigenvalue weighted by molar-refractivity contribution is 7.12. The third-order valence-corrected chi connectivity index (χ3v) is 10.1. The molecule has 0 fully saturated rings. The molecule has 0 aromatic carbocycles. The van der Waals surface area contributed by atoms with Gasteiger partial charge in [-0.05, 0) is 44.5 Å². The van der Waals surface area contributed by atoms with E-state index in [2.05, 4.69) is 30.1 Å². The number of aromatic nitrogens is 8. The van der Waals surface area contributed by atoms with Gasteiger partial charge < -0.3 is 20.2 Å². The van der Waals surface area contributed by atoms with Crippen LogP contribution in [-0.2, 0) is 32.0 Å². The lowest BCUT2D eigenvalue weighted by molar-refractivity contribution is -0.135. The predicted octanol–water partition coefficient (Wildman–Crippen LogP) is 4.84. The monoisotopic (exact) mass is 714 g/mol. The summed E-state index contributed by atoms with van der Waals surface area (Å²) in [6, 6.07) is 2.59. The van der Waals surface area contributed by atoms with E-state index in [1.54, 1.807) is 6.92 Å². The number of aromatic amines is 2. The van der Waals surface area contributed by atoms with Crippen LogP contribution < -0.4 is 11.1 Å². The van der Waals surface area contributed by atoms with Crippen LogP contribution in [0, 0.1) is 6.92 Å². The molecule has 0 saturated heterocycles. The normalized spacial score (nSPS) is 14.0. The van der Waals surface area contributed by atoms with Crippen molar-refractivity contribution in [2.45, 2.75) is 64.3 Å². The molecule has 48 heavy (non-hydrogen) atoms. The Labute approximate surface area is 272 Å². The second-order valence-electron chi connectivity index (χ2n) is 10.8. The average Bonchev–Trinajstić information content (AvgIpc) is 3.81. The van der Waals surface area contributed by atoms with Crippen molar-refractivity contribution >= 4 is 44.7 Å². The Bertz CT molecular complexity index is 2260. The number of rotatable bonds is 9. The van der Waals surface area contributed by atoms with Crippen LogP contribution in [-0.4, -0.2) is 49.7 Å². The van der Waals surface area contributed by atoms with Crippen LogP contribution in [0.2, 0.25) is 0 Å². The number of fused-ring (bicyclic) bond motifs is 2. The number of halogens is 6. The van der Waals surface area contributed by atoms with Gasteiger partial charge in [-0.25, -0.2) is 19.3 Å². The molecule has 12 nitrogen and oxygen atoms in total. The highest BCUT2D eigenvalue weighted by atomic mass is 32.1. The van der Waals surface area contributed by atoms with Gasteiger partial charge in [0.15, 0.2) is 11.3 Å². The van der Waals surface area contributed by atoms with Crippen molar-refractivity contribution in [1.82, 2.24) is 39.5 Å². The minimum Gasteiger partial charge on any atom is -0.390 e. The first-order valence-corrected chi connectivity index (χ1v) is 15.8. The third kappa shape index (κ3) is 6.03. The van der Waals surface area contributed by atoms with Crippen molar-refractivity contribution in [3.63, 3.8) is 0 Å². The summed E-state index contributed by atoms with van der Waals surface area (Å²) in [4.78, 5) is 38.8. The van der Waals surface area contributed by atoms with E-state index >= 15 is 0 Å². The highest BCUT2D eigenvalue weighted by Gasteiger charge is 2.35. The Morgan fingerprint density at radius 1 is 0.792 bits per heavy atom. The molecule has 0 aliphatic rings. The first kappa shape index (κ1) is 33.5. The Balaban J connectivity index is 1.43. The maximum atomic E-state index is 13.6. The molecular formula is C28H24F6N8O4S2. The molecule has 20 heteroatoms. The molecule has 0 bridgehead atoms. The molecule has 6 rings (SSSR count). The van der Waals surface area contributed by atoms with Gasteiger partial charge in [0.1, 0.15) is 43.6 Å². The molecule has 2 atom stereocenters. The third-order valence-electron chi connectivity index (χ3n) is 7.60. The van der Waals surface area contributed by atoms with Crippen molar-refractivity contribution in [2.75, 3.05) is 0 Å². The maximum Gasteiger partial charge on any atom is 0.425 e. The molecule has 0 radical (unpaired) electrons. The molecule has 2 unspecified atom stereocenters. The summed E-state index contributed by atoms with van der Waals surface area (Å²) in [6.45, 7) is 1.75. The SMILES string of the molecule is Cc1nc2c(c(CO)nn2C(CCc2nc3c(c(CO)nn3C(C)c3ccc(C(F)(F)F)s3)c(=O)[nH]2)c2ccc(C(F)(F)F)s2)c(=O)[nH]1. The van der Waals surface area contributed by atoms with Crippen LogP contribution in [0.3, 0.4) is 0 Å². The predicted molar refractivity (Wildman–Crippen MR) is 162 cm³/mol. The van der Waals surface area contributed by atoms with Crippen LogP contribution >= 0.6 is 22.7 Å². The van der Waals surface area contributed by atoms with Gasteiger partial charge in [0, 0.05) is 16.2 Å². The van der Waals surface area contributed by atoms with Crippen LogP contribution in [0.15, 0.2) is 33.9 Å². The first-order valence-electron chi connectivity index (χ1n) is 14.1. The van der Waals surface area contributed by atoms with Crippen LogP contribution in [0.25, 0.3) is 22.1 Å². The Hall–Kier alpha value is -4.40. The Morgan fingerprint density at radius 3 is 1.88 bits per heavy atom. The number of alkyl halides is 6. The van der Waals surface area contributed by atoms with Crippen molar-refractivity contribution in [3.05, 3.63) is 87.5 Å². The highest BCUT2D eigenvalue weighted by Crippen LogP contribution is 2.40. The molecule has 4 N–H and O–H groups in total. The minimum atomic E-state index is -4.64. The van der Waals surface area contributed by atoms with Gasteiger partial charge in [0.2, 0.25) is 0 Å². The number of H-pyrrole nitrogens is 2. The molecule has 6 aromatic heterocycles. The van der Waals surface area contributed by atoms with Crippen molar-refractivity contribution < 1.29 is 36.6 Å². The van der Waals surface area contributed by atoms with Gasteiger partial charge in [-0.1, -0.05) is 0 Å². The summed E-state index contributed by atoms with van der Waals surface area (Å²) >= 11 is 0.954. The number of nitrogens with zero attached hydrogens (tertiary/aromatic N) is 6. The molecular weight excluding hydrogens is 690 g/mol. The molecule has 6 heterocycles. The number of nitrogens with one attached hydrogen (secondary N) is 2. The summed E-state index contributed by atoms with van der Waals surface area (Å²) < 4.78 is 83.2. The van der Waals surface area contributed by atoms with E-state index in [0.29, 0.717) is 22.7 Å². The number of thiophene rings is 2. The lowest BCUT2D eigenvalue weighted by Crippen LogP contribution is -2.18. The lowest BCUT2D eigenvalue weighted by atomic mass is 10.1. The summed E-state index contributed by atoms with van der Waals surface area (Å²) in [5.41, 5.74) is -1.37. The number of aliphatic hydroxyl groups is 2. The van der Waals surface area contributed by atoms with E-state index in [-0.39, 0.29) is 67.7 Å². The van der Waals surface area contributed by atoms with Gasteiger partial charge in [-0.3, -0.25) is 9.59 Å². The van der Waals surface area contributed by atoms with E-state index in [4.69, 9.17) is 0 Å². The molecule has 0 saturated carbocycles. The molecule has 6 aromatic rings. The zero-order valence-electron chi connectivity index (χ0n) is 24.8. The quantitative estimate of drug-likeness (QED) is 0.155. The summed E-state index contributed by atoms with van der Waals surface area (Å²) in [5.74, 6) is 0.261. The topological polar surface area (TPSA) is 168 Å². The van der Waals surface area contributed by atoms with Gasteiger partial charge in [0.25, 0.3) is 11.1 Å². The number of aryl methyl sites for hydroxylation is 2. The van der Waals surface area contributed by atoms with Crippen molar-refractivity contribution in [1.29, 1.82) is 0 Å². The fourth-order valence-corrected chi connectivity index (χ4v) is 7.31. The van der Waals surface area contributed by atoms with Crippen molar-refractivity contribution in [3.8, 4) is 0 Å². The van der Waals surface area contributed by atoms with Gasteiger partial charge >= 0.3 is 12.4 Å². The summed E-state index contributed by atoms with van der Waals surface area (Å²) in [6.07, 6.45) is -9.30. The van der Waals surface area contributed by atoms with Crippen molar-refractivity contribution in [2.24, 2.45) is 0 Å². The maximum absolute atomic E-state index is 13.6. The lowest BCUT2D eigenvalue weighted by Gasteiger charge is -2.17. The second-order valence-corrected chi connectivity index (χ2v) is 13.0.